The number of anilines is 1. The Balaban J connectivity index is 1.51. The number of nitrogens with zero attached hydrogens (tertiary/aromatic N) is 2. The molecule has 1 fully saturated rings. The molecule has 0 saturated carbocycles. The van der Waals surface area contributed by atoms with Crippen molar-refractivity contribution >= 4 is 44.7 Å². The predicted octanol–water partition coefficient (Wildman–Crippen LogP) is 4.97. The number of hydrogen-bond acceptors (Lipinski definition) is 3. The smallest absolute Gasteiger partial charge is 0.255 e. The predicted molar refractivity (Wildman–Crippen MR) is 127 cm³/mol. The summed E-state index contributed by atoms with van der Waals surface area (Å²) < 4.78 is 0. The van der Waals surface area contributed by atoms with Crippen molar-refractivity contribution in [2.75, 3.05) is 31.1 Å². The average Bonchev–Trinajstić information content (AvgIpc) is 2.94. The fourth-order valence-electron chi connectivity index (χ4n) is 4.32. The van der Waals surface area contributed by atoms with Gasteiger partial charge in [0, 0.05) is 48.0 Å². The topological polar surface area (TPSA) is 40.6 Å². The quantitative estimate of drug-likeness (QED) is 0.452. The van der Waals surface area contributed by atoms with E-state index in [1.54, 1.807) is 12.1 Å². The van der Waals surface area contributed by atoms with E-state index in [9.17, 15) is 9.59 Å². The van der Waals surface area contributed by atoms with Crippen LogP contribution >= 0.6 is 11.6 Å². The zero-order valence-electron chi connectivity index (χ0n) is 16.9. The van der Waals surface area contributed by atoms with Crippen LogP contribution in [0.15, 0.2) is 83.7 Å². The van der Waals surface area contributed by atoms with E-state index in [4.69, 9.17) is 11.6 Å². The average molecular weight is 429 g/mol. The highest BCUT2D eigenvalue weighted by atomic mass is 35.5. The minimum Gasteiger partial charge on any atom is -0.367 e. The molecule has 0 spiro atoms. The molecular formula is C26H21ClN2O2. The Kier molecular flexibility index (Phi) is 5.08. The number of carbonyl (C=O) groups excluding carboxylic acids is 1. The summed E-state index contributed by atoms with van der Waals surface area (Å²) >= 11 is 6.23. The molecule has 1 aliphatic heterocycles. The minimum atomic E-state index is -0.0407. The highest BCUT2D eigenvalue weighted by molar-refractivity contribution is 6.33. The van der Waals surface area contributed by atoms with Crippen LogP contribution in [0.2, 0.25) is 5.02 Å². The van der Waals surface area contributed by atoms with Crippen LogP contribution in [-0.2, 0) is 0 Å². The Morgan fingerprint density at radius 3 is 2.10 bits per heavy atom. The van der Waals surface area contributed by atoms with Gasteiger partial charge in [0.2, 0.25) is 0 Å². The van der Waals surface area contributed by atoms with Crippen molar-refractivity contribution in [2.45, 2.75) is 0 Å². The summed E-state index contributed by atoms with van der Waals surface area (Å²) in [4.78, 5) is 30.2. The number of rotatable bonds is 2. The molecule has 31 heavy (non-hydrogen) atoms. The van der Waals surface area contributed by atoms with Gasteiger partial charge in [0.25, 0.3) is 5.91 Å². The molecule has 0 radical (unpaired) electrons. The van der Waals surface area contributed by atoms with Crippen molar-refractivity contribution in [2.24, 2.45) is 0 Å². The second-order valence-electron chi connectivity index (χ2n) is 7.75. The van der Waals surface area contributed by atoms with Crippen LogP contribution in [0.3, 0.4) is 0 Å². The third-order valence-corrected chi connectivity index (χ3v) is 6.29. The van der Waals surface area contributed by atoms with Crippen molar-refractivity contribution in [3.8, 4) is 0 Å². The second kappa shape index (κ2) is 8.05. The first kappa shape index (κ1) is 19.6. The van der Waals surface area contributed by atoms with Gasteiger partial charge in [-0.05, 0) is 23.6 Å². The molecule has 0 aromatic heterocycles. The van der Waals surface area contributed by atoms with Gasteiger partial charge in [0.1, 0.15) is 0 Å². The Hall–Kier alpha value is -3.37. The SMILES string of the molecule is O=C(c1ccccc1Cl)N1CCN(c2cc3ccccc3c(=O)c3ccccc23)CC1. The lowest BCUT2D eigenvalue weighted by molar-refractivity contribution is 0.0747. The number of amides is 1. The Morgan fingerprint density at radius 1 is 0.742 bits per heavy atom. The van der Waals surface area contributed by atoms with E-state index in [0.29, 0.717) is 42.2 Å². The van der Waals surface area contributed by atoms with Gasteiger partial charge in [-0.25, -0.2) is 0 Å². The minimum absolute atomic E-state index is 0.0407. The maximum atomic E-state index is 13.2. The number of fused-ring (bicyclic) bond motifs is 2. The maximum Gasteiger partial charge on any atom is 0.255 e. The Morgan fingerprint density at radius 2 is 1.35 bits per heavy atom. The molecule has 0 N–H and O–H groups in total. The third-order valence-electron chi connectivity index (χ3n) is 5.96. The highest BCUT2D eigenvalue weighted by Crippen LogP contribution is 2.29. The summed E-state index contributed by atoms with van der Waals surface area (Å²) in [6.45, 7) is 2.57. The van der Waals surface area contributed by atoms with Gasteiger partial charge in [-0.15, -0.1) is 0 Å². The highest BCUT2D eigenvalue weighted by Gasteiger charge is 2.24. The molecule has 4 aromatic carbocycles. The molecule has 4 aromatic rings. The summed E-state index contributed by atoms with van der Waals surface area (Å²) in [6.07, 6.45) is 0. The first-order chi connectivity index (χ1) is 15.1. The van der Waals surface area contributed by atoms with E-state index in [2.05, 4.69) is 11.0 Å². The Labute approximate surface area is 185 Å². The van der Waals surface area contributed by atoms with Crippen LogP contribution < -0.4 is 10.3 Å². The van der Waals surface area contributed by atoms with Crippen molar-refractivity contribution in [3.63, 3.8) is 0 Å². The van der Waals surface area contributed by atoms with Crippen molar-refractivity contribution in [1.82, 2.24) is 4.90 Å². The lowest BCUT2D eigenvalue weighted by Crippen LogP contribution is -2.48. The summed E-state index contributed by atoms with van der Waals surface area (Å²) in [5.41, 5.74) is 1.61. The van der Waals surface area contributed by atoms with Crippen LogP contribution in [0.5, 0.6) is 0 Å². The number of benzene rings is 3. The number of piperazine rings is 1. The van der Waals surface area contributed by atoms with E-state index in [1.807, 2.05) is 65.6 Å². The molecular weight excluding hydrogens is 408 g/mol. The first-order valence-electron chi connectivity index (χ1n) is 10.4. The van der Waals surface area contributed by atoms with Crippen LogP contribution in [0.4, 0.5) is 5.69 Å². The molecule has 1 saturated heterocycles. The molecule has 5 heteroatoms. The van der Waals surface area contributed by atoms with Crippen molar-refractivity contribution in [1.29, 1.82) is 0 Å². The van der Waals surface area contributed by atoms with Gasteiger partial charge in [0.05, 0.1) is 10.6 Å². The standard InChI is InChI=1S/C26H21ClN2O2/c27-23-12-6-5-11-22(23)26(31)29-15-13-28(14-16-29)24-17-18-7-1-2-8-19(18)25(30)21-10-4-3-9-20(21)24/h1-12,17H,13-16H2. The van der Waals surface area contributed by atoms with E-state index >= 15 is 0 Å². The maximum absolute atomic E-state index is 13.2. The monoisotopic (exact) mass is 428 g/mol. The number of carbonyl (C=O) groups is 1. The fraction of sp³-hybridized carbons (Fsp3) is 0.154. The van der Waals surface area contributed by atoms with Crippen LogP contribution in [0.1, 0.15) is 10.4 Å². The zero-order chi connectivity index (χ0) is 21.4. The van der Waals surface area contributed by atoms with Crippen LogP contribution in [0, 0.1) is 0 Å². The van der Waals surface area contributed by atoms with Gasteiger partial charge in [0.15, 0.2) is 5.43 Å². The van der Waals surface area contributed by atoms with Crippen LogP contribution in [-0.4, -0.2) is 37.0 Å². The molecule has 1 amide bonds. The van der Waals surface area contributed by atoms with Gasteiger partial charge in [-0.3, -0.25) is 9.59 Å². The van der Waals surface area contributed by atoms with Gasteiger partial charge in [-0.1, -0.05) is 72.3 Å². The summed E-state index contributed by atoms with van der Waals surface area (Å²) in [5, 5.41) is 3.78. The second-order valence-corrected chi connectivity index (χ2v) is 8.16. The molecule has 1 aliphatic rings. The van der Waals surface area contributed by atoms with Crippen molar-refractivity contribution in [3.05, 3.63) is 99.7 Å². The summed E-state index contributed by atoms with van der Waals surface area (Å²) in [6, 6.07) is 24.8. The normalized spacial score (nSPS) is 14.2. The van der Waals surface area contributed by atoms with E-state index in [-0.39, 0.29) is 11.3 Å². The molecule has 1 heterocycles. The zero-order valence-corrected chi connectivity index (χ0v) is 17.7. The number of hydrogen-bond donors (Lipinski definition) is 0. The Bertz CT molecular complexity index is 1360. The van der Waals surface area contributed by atoms with Gasteiger partial charge >= 0.3 is 0 Å². The molecule has 0 bridgehead atoms. The van der Waals surface area contributed by atoms with E-state index in [1.165, 1.54) is 0 Å². The van der Waals surface area contributed by atoms with E-state index < -0.39 is 0 Å². The molecule has 0 aliphatic carbocycles. The van der Waals surface area contributed by atoms with Gasteiger partial charge in [-0.2, -0.15) is 0 Å². The largest absolute Gasteiger partial charge is 0.367 e. The molecule has 5 rings (SSSR count). The molecule has 0 unspecified atom stereocenters. The molecule has 0 atom stereocenters. The third kappa shape index (κ3) is 3.53. The summed E-state index contributed by atoms with van der Waals surface area (Å²) in [5.74, 6) is -0.0407. The van der Waals surface area contributed by atoms with Crippen molar-refractivity contribution < 1.29 is 4.79 Å². The lowest BCUT2D eigenvalue weighted by atomic mass is 10.1. The lowest BCUT2D eigenvalue weighted by Gasteiger charge is -2.36. The molecule has 4 nitrogen and oxygen atoms in total. The van der Waals surface area contributed by atoms with Gasteiger partial charge < -0.3 is 9.80 Å². The fourth-order valence-corrected chi connectivity index (χ4v) is 4.54. The van der Waals surface area contributed by atoms with Crippen LogP contribution in [0.25, 0.3) is 21.5 Å². The number of halogens is 1. The molecule has 154 valence electrons. The first-order valence-corrected chi connectivity index (χ1v) is 10.7. The van der Waals surface area contributed by atoms with E-state index in [0.717, 1.165) is 21.8 Å². The summed E-state index contributed by atoms with van der Waals surface area (Å²) in [7, 11) is 0.